The average Bonchev–Trinajstić information content (AvgIpc) is 2.47. The van der Waals surface area contributed by atoms with Crippen LogP contribution in [0.3, 0.4) is 0 Å². The molecule has 5 nitrogen and oxygen atoms in total. The number of amides is 3. The predicted octanol–water partition coefficient (Wildman–Crippen LogP) is 0.496. The molecule has 2 aliphatic rings. The van der Waals surface area contributed by atoms with E-state index in [9.17, 15) is 9.59 Å². The number of hydrogen-bond acceptors (Lipinski definition) is 3. The third-order valence-corrected chi connectivity index (χ3v) is 3.52. The molecule has 2 unspecified atom stereocenters. The molecule has 2 aliphatic heterocycles. The number of carbonyl (C=O) groups excluding carboxylic acids is 2. The fourth-order valence-electron chi connectivity index (χ4n) is 2.23. The van der Waals surface area contributed by atoms with Crippen LogP contribution in [0.25, 0.3) is 0 Å². The Bertz CT molecular complexity index is 305. The fourth-order valence-corrected chi connectivity index (χ4v) is 2.23. The van der Waals surface area contributed by atoms with E-state index in [1.165, 1.54) is 0 Å². The Kier molecular flexibility index (Phi) is 2.42. The van der Waals surface area contributed by atoms with Crippen LogP contribution in [0.4, 0.5) is 4.79 Å². The molecule has 0 aromatic heterocycles. The lowest BCUT2D eigenvalue weighted by Crippen LogP contribution is -2.61. The molecule has 2 saturated heterocycles. The Morgan fingerprint density at radius 2 is 2.27 bits per heavy atom. The zero-order chi connectivity index (χ0) is 11.1. The Labute approximate surface area is 88.8 Å². The van der Waals surface area contributed by atoms with Crippen LogP contribution < -0.4 is 5.32 Å². The van der Waals surface area contributed by atoms with Gasteiger partial charge >= 0.3 is 6.03 Å². The van der Waals surface area contributed by atoms with Crippen molar-refractivity contribution in [2.45, 2.75) is 38.3 Å². The van der Waals surface area contributed by atoms with Crippen LogP contribution >= 0.6 is 0 Å². The Morgan fingerprint density at radius 3 is 2.80 bits per heavy atom. The van der Waals surface area contributed by atoms with Crippen molar-refractivity contribution in [3.63, 3.8) is 0 Å². The molecule has 0 spiro atoms. The van der Waals surface area contributed by atoms with Gasteiger partial charge in [-0.15, -0.1) is 0 Å². The molecule has 15 heavy (non-hydrogen) atoms. The smallest absolute Gasteiger partial charge is 0.324 e. The van der Waals surface area contributed by atoms with Gasteiger partial charge in [-0.2, -0.15) is 0 Å². The zero-order valence-corrected chi connectivity index (χ0v) is 9.08. The lowest BCUT2D eigenvalue weighted by molar-refractivity contribution is -0.122. The highest BCUT2D eigenvalue weighted by molar-refractivity contribution is 5.97. The van der Waals surface area contributed by atoms with Crippen molar-refractivity contribution in [3.8, 4) is 0 Å². The molecule has 0 aromatic rings. The second-order valence-electron chi connectivity index (χ2n) is 4.38. The van der Waals surface area contributed by atoms with E-state index in [0.29, 0.717) is 19.6 Å². The van der Waals surface area contributed by atoms with Crippen molar-refractivity contribution in [3.05, 3.63) is 0 Å². The second kappa shape index (κ2) is 3.48. The van der Waals surface area contributed by atoms with Gasteiger partial charge in [0.05, 0.1) is 11.6 Å². The van der Waals surface area contributed by atoms with Crippen LogP contribution in [0.1, 0.15) is 26.7 Å². The topological polar surface area (TPSA) is 58.6 Å². The molecule has 0 aromatic carbocycles. The van der Waals surface area contributed by atoms with Crippen LogP contribution in [0.2, 0.25) is 0 Å². The van der Waals surface area contributed by atoms with Gasteiger partial charge in [-0.05, 0) is 20.3 Å². The monoisotopic (exact) mass is 212 g/mol. The predicted molar refractivity (Wildman–Crippen MR) is 53.3 cm³/mol. The van der Waals surface area contributed by atoms with E-state index < -0.39 is 0 Å². The minimum absolute atomic E-state index is 0.0245. The molecule has 0 aliphatic carbocycles. The van der Waals surface area contributed by atoms with Gasteiger partial charge in [-0.1, -0.05) is 0 Å². The maximum atomic E-state index is 11.7. The maximum absolute atomic E-state index is 11.7. The van der Waals surface area contributed by atoms with Crippen LogP contribution in [0.5, 0.6) is 0 Å². The fraction of sp³-hybridized carbons (Fsp3) is 0.800. The van der Waals surface area contributed by atoms with Crippen molar-refractivity contribution < 1.29 is 14.3 Å². The summed E-state index contributed by atoms with van der Waals surface area (Å²) in [5.41, 5.74) is -0.273. The van der Waals surface area contributed by atoms with Gasteiger partial charge in [-0.25, -0.2) is 4.79 Å². The van der Waals surface area contributed by atoms with Gasteiger partial charge in [0.1, 0.15) is 0 Å². The molecule has 0 radical (unpaired) electrons. The number of hydrogen-bond donors (Lipinski definition) is 1. The molecule has 0 bridgehead atoms. The number of rotatable bonds is 1. The van der Waals surface area contributed by atoms with Crippen molar-refractivity contribution in [1.29, 1.82) is 0 Å². The van der Waals surface area contributed by atoms with Crippen molar-refractivity contribution in [2.75, 3.05) is 13.2 Å². The van der Waals surface area contributed by atoms with Crippen LogP contribution in [0, 0.1) is 0 Å². The summed E-state index contributed by atoms with van der Waals surface area (Å²) in [7, 11) is 0. The van der Waals surface area contributed by atoms with Gasteiger partial charge in [0.2, 0.25) is 5.91 Å². The summed E-state index contributed by atoms with van der Waals surface area (Å²) in [6.07, 6.45) is 1.24. The van der Waals surface area contributed by atoms with E-state index >= 15 is 0 Å². The summed E-state index contributed by atoms with van der Waals surface area (Å²) in [6, 6.07) is -0.286. The molecule has 0 saturated carbocycles. The number of ether oxygens (including phenoxy) is 1. The molecule has 2 heterocycles. The molecular weight excluding hydrogens is 196 g/mol. The average molecular weight is 212 g/mol. The molecule has 3 amide bonds. The van der Waals surface area contributed by atoms with Crippen LogP contribution in [-0.2, 0) is 9.53 Å². The highest BCUT2D eigenvalue weighted by atomic mass is 16.5. The number of imide groups is 1. The van der Waals surface area contributed by atoms with E-state index in [1.54, 1.807) is 4.90 Å². The first-order valence-electron chi connectivity index (χ1n) is 5.27. The Balaban J connectivity index is 2.16. The second-order valence-corrected chi connectivity index (χ2v) is 4.38. The van der Waals surface area contributed by atoms with E-state index in [2.05, 4.69) is 5.32 Å². The normalized spacial score (nSPS) is 36.9. The molecule has 1 N–H and O–H groups in total. The minimum atomic E-state index is -0.286. The Hall–Kier alpha value is -1.10. The lowest BCUT2D eigenvalue weighted by Gasteiger charge is -2.42. The van der Waals surface area contributed by atoms with Crippen molar-refractivity contribution in [2.24, 2.45) is 0 Å². The third-order valence-electron chi connectivity index (χ3n) is 3.52. The lowest BCUT2D eigenvalue weighted by atomic mass is 9.92. The number of nitrogens with one attached hydrogen (secondary N) is 1. The van der Waals surface area contributed by atoms with Crippen LogP contribution in [-0.4, -0.2) is 41.6 Å². The van der Waals surface area contributed by atoms with Crippen molar-refractivity contribution >= 4 is 11.9 Å². The van der Waals surface area contributed by atoms with Gasteiger partial charge in [0.15, 0.2) is 0 Å². The van der Waals surface area contributed by atoms with E-state index in [0.717, 1.165) is 6.42 Å². The van der Waals surface area contributed by atoms with Gasteiger partial charge < -0.3 is 9.64 Å². The summed E-state index contributed by atoms with van der Waals surface area (Å²) >= 11 is 0. The third kappa shape index (κ3) is 1.61. The SMILES string of the molecule is CC1OCCC1(C)N1CCC(=O)NC1=O. The summed E-state index contributed by atoms with van der Waals surface area (Å²) < 4.78 is 5.49. The van der Waals surface area contributed by atoms with E-state index in [4.69, 9.17) is 4.74 Å². The first-order chi connectivity index (χ1) is 7.04. The molecule has 2 fully saturated rings. The van der Waals surface area contributed by atoms with Gasteiger partial charge in [0, 0.05) is 19.6 Å². The van der Waals surface area contributed by atoms with Crippen molar-refractivity contribution in [1.82, 2.24) is 10.2 Å². The maximum Gasteiger partial charge on any atom is 0.324 e. The largest absolute Gasteiger partial charge is 0.376 e. The standard InChI is InChI=1S/C10H16N2O3/c1-7-10(2,4-6-15-7)12-5-3-8(13)11-9(12)14/h7H,3-6H2,1-2H3,(H,11,13,14). The van der Waals surface area contributed by atoms with E-state index in [1.807, 2.05) is 13.8 Å². The molecule has 2 atom stereocenters. The minimum Gasteiger partial charge on any atom is -0.376 e. The number of nitrogens with zero attached hydrogens (tertiary/aromatic N) is 1. The number of urea groups is 1. The number of carbonyl (C=O) groups is 2. The summed E-state index contributed by atoms with van der Waals surface area (Å²) in [5, 5.41) is 2.34. The molecule has 84 valence electrons. The first kappa shape index (κ1) is 10.4. The summed E-state index contributed by atoms with van der Waals surface area (Å²) in [5.74, 6) is -0.189. The quantitative estimate of drug-likeness (QED) is 0.688. The molecular formula is C10H16N2O3. The highest BCUT2D eigenvalue weighted by Crippen LogP contribution is 2.32. The zero-order valence-electron chi connectivity index (χ0n) is 9.08. The van der Waals surface area contributed by atoms with Gasteiger partial charge in [-0.3, -0.25) is 10.1 Å². The molecule has 2 rings (SSSR count). The van der Waals surface area contributed by atoms with Gasteiger partial charge in [0.25, 0.3) is 0 Å². The summed E-state index contributed by atoms with van der Waals surface area (Å²) in [6.45, 7) is 5.15. The highest BCUT2D eigenvalue weighted by Gasteiger charge is 2.45. The van der Waals surface area contributed by atoms with Crippen LogP contribution in [0.15, 0.2) is 0 Å². The Morgan fingerprint density at radius 1 is 1.53 bits per heavy atom. The molecule has 5 heteroatoms. The first-order valence-corrected chi connectivity index (χ1v) is 5.27. The summed E-state index contributed by atoms with van der Waals surface area (Å²) in [4.78, 5) is 24.4. The van der Waals surface area contributed by atoms with E-state index in [-0.39, 0.29) is 23.6 Å².